The molecule has 6 nitrogen and oxygen atoms in total. The summed E-state index contributed by atoms with van der Waals surface area (Å²) in [7, 11) is 0. The fourth-order valence-corrected chi connectivity index (χ4v) is 3.06. The fourth-order valence-electron chi connectivity index (χ4n) is 2.80. The first-order valence-electron chi connectivity index (χ1n) is 7.54. The number of rotatable bonds is 4. The summed E-state index contributed by atoms with van der Waals surface area (Å²) in [5.41, 5.74) is 0.625. The molecule has 22 heavy (non-hydrogen) atoms. The Morgan fingerprint density at radius 1 is 1.23 bits per heavy atom. The van der Waals surface area contributed by atoms with E-state index in [0.717, 1.165) is 23.1 Å². The largest absolute Gasteiger partial charge is 0.345 e. The van der Waals surface area contributed by atoms with Gasteiger partial charge < -0.3 is 5.32 Å². The van der Waals surface area contributed by atoms with Crippen LogP contribution >= 0.6 is 15.9 Å². The Kier molecular flexibility index (Phi) is 4.82. The highest BCUT2D eigenvalue weighted by atomic mass is 79.9. The maximum atomic E-state index is 12.1. The van der Waals surface area contributed by atoms with Crippen molar-refractivity contribution >= 4 is 21.8 Å². The van der Waals surface area contributed by atoms with Gasteiger partial charge in [0.1, 0.15) is 0 Å². The molecule has 116 valence electrons. The summed E-state index contributed by atoms with van der Waals surface area (Å²) in [5, 5.41) is 14.8. The van der Waals surface area contributed by atoms with E-state index < -0.39 is 0 Å². The van der Waals surface area contributed by atoms with Crippen molar-refractivity contribution in [2.45, 2.75) is 44.7 Å². The van der Waals surface area contributed by atoms with Crippen molar-refractivity contribution in [1.29, 1.82) is 0 Å². The molecular weight excluding hydrogens is 346 g/mol. The van der Waals surface area contributed by atoms with E-state index in [1.54, 1.807) is 12.1 Å². The van der Waals surface area contributed by atoms with Crippen LogP contribution in [-0.4, -0.2) is 26.1 Å². The molecule has 1 N–H and O–H groups in total. The van der Waals surface area contributed by atoms with Gasteiger partial charge in [0, 0.05) is 10.0 Å². The second-order valence-electron chi connectivity index (χ2n) is 5.52. The lowest BCUT2D eigenvalue weighted by molar-refractivity contribution is 0.0949. The Morgan fingerprint density at radius 2 is 1.95 bits per heavy atom. The molecule has 1 fully saturated rings. The molecule has 0 saturated heterocycles. The average molecular weight is 364 g/mol. The zero-order valence-electron chi connectivity index (χ0n) is 12.2. The van der Waals surface area contributed by atoms with Gasteiger partial charge in [0.15, 0.2) is 5.82 Å². The van der Waals surface area contributed by atoms with Crippen LogP contribution in [0.5, 0.6) is 0 Å². The Bertz CT molecular complexity index is 634. The predicted molar refractivity (Wildman–Crippen MR) is 85.3 cm³/mol. The van der Waals surface area contributed by atoms with Gasteiger partial charge in [0.2, 0.25) is 0 Å². The van der Waals surface area contributed by atoms with Crippen LogP contribution in [-0.2, 0) is 6.54 Å². The Morgan fingerprint density at radius 3 is 2.68 bits per heavy atom. The molecule has 0 spiro atoms. The number of halogens is 1. The predicted octanol–water partition coefficient (Wildman–Crippen LogP) is 2.87. The van der Waals surface area contributed by atoms with Gasteiger partial charge in [-0.2, -0.15) is 0 Å². The van der Waals surface area contributed by atoms with Crippen LogP contribution in [0.15, 0.2) is 28.7 Å². The average Bonchev–Trinajstić information content (AvgIpc) is 3.02. The molecule has 1 aliphatic carbocycles. The van der Waals surface area contributed by atoms with E-state index >= 15 is 0 Å². The second-order valence-corrected chi connectivity index (χ2v) is 6.44. The highest BCUT2D eigenvalue weighted by molar-refractivity contribution is 9.10. The maximum Gasteiger partial charge on any atom is 0.251 e. The molecule has 1 aromatic heterocycles. The van der Waals surface area contributed by atoms with E-state index in [-0.39, 0.29) is 5.91 Å². The molecule has 1 aliphatic rings. The molecule has 1 saturated carbocycles. The molecule has 0 radical (unpaired) electrons. The first kappa shape index (κ1) is 15.1. The lowest BCUT2D eigenvalue weighted by Crippen LogP contribution is -2.26. The number of carbonyl (C=O) groups excluding carboxylic acids is 1. The van der Waals surface area contributed by atoms with Gasteiger partial charge in [0.05, 0.1) is 12.6 Å². The lowest BCUT2D eigenvalue weighted by atomic mass is 9.95. The number of hydrogen-bond acceptors (Lipinski definition) is 4. The normalized spacial score (nSPS) is 15.7. The zero-order valence-corrected chi connectivity index (χ0v) is 13.8. The maximum absolute atomic E-state index is 12.1. The number of tetrazole rings is 1. The minimum atomic E-state index is -0.120. The Hall–Kier alpha value is -1.76. The number of carbonyl (C=O) groups is 1. The molecule has 0 unspecified atom stereocenters. The van der Waals surface area contributed by atoms with E-state index in [2.05, 4.69) is 36.8 Å². The summed E-state index contributed by atoms with van der Waals surface area (Å²) < 4.78 is 2.83. The van der Waals surface area contributed by atoms with Gasteiger partial charge in [-0.25, -0.2) is 4.68 Å². The first-order chi connectivity index (χ1) is 10.7. The fraction of sp³-hybridized carbons (Fsp3) is 0.467. The van der Waals surface area contributed by atoms with Crippen molar-refractivity contribution in [3.63, 3.8) is 0 Å². The third-order valence-corrected chi connectivity index (χ3v) is 4.52. The number of amides is 1. The molecule has 3 rings (SSSR count). The van der Waals surface area contributed by atoms with Gasteiger partial charge in [-0.3, -0.25) is 4.79 Å². The standard InChI is InChI=1S/C15H18BrN5O/c16-12-8-6-11(7-9-12)15(22)17-10-14-18-19-20-21(14)13-4-2-1-3-5-13/h6-9,13H,1-5,10H2,(H,17,22). The van der Waals surface area contributed by atoms with Crippen molar-refractivity contribution in [2.75, 3.05) is 0 Å². The van der Waals surface area contributed by atoms with Crippen LogP contribution < -0.4 is 5.32 Å². The molecule has 0 atom stereocenters. The molecule has 0 bridgehead atoms. The highest BCUT2D eigenvalue weighted by Gasteiger charge is 2.20. The van der Waals surface area contributed by atoms with Crippen molar-refractivity contribution in [3.05, 3.63) is 40.1 Å². The van der Waals surface area contributed by atoms with E-state index in [1.165, 1.54) is 19.3 Å². The van der Waals surface area contributed by atoms with Gasteiger partial charge in [-0.1, -0.05) is 35.2 Å². The SMILES string of the molecule is O=C(NCc1nnnn1C1CCCCC1)c1ccc(Br)cc1. The van der Waals surface area contributed by atoms with Crippen LogP contribution in [0.1, 0.15) is 54.3 Å². The van der Waals surface area contributed by atoms with Crippen molar-refractivity contribution in [2.24, 2.45) is 0 Å². The van der Waals surface area contributed by atoms with Crippen LogP contribution in [0.25, 0.3) is 0 Å². The Balaban J connectivity index is 1.63. The van der Waals surface area contributed by atoms with Crippen LogP contribution in [0, 0.1) is 0 Å². The number of aromatic nitrogens is 4. The van der Waals surface area contributed by atoms with E-state index in [9.17, 15) is 4.79 Å². The van der Waals surface area contributed by atoms with Gasteiger partial charge >= 0.3 is 0 Å². The zero-order chi connectivity index (χ0) is 15.4. The summed E-state index contributed by atoms with van der Waals surface area (Å²) in [6.45, 7) is 0.346. The molecule has 1 heterocycles. The number of nitrogens with zero attached hydrogens (tertiary/aromatic N) is 4. The van der Waals surface area contributed by atoms with E-state index in [0.29, 0.717) is 18.2 Å². The summed E-state index contributed by atoms with van der Waals surface area (Å²) >= 11 is 3.36. The second kappa shape index (κ2) is 7.00. The molecule has 1 amide bonds. The summed E-state index contributed by atoms with van der Waals surface area (Å²) in [6.07, 6.45) is 5.94. The molecule has 2 aromatic rings. The Labute approximate surface area is 137 Å². The van der Waals surface area contributed by atoms with Crippen LogP contribution in [0.2, 0.25) is 0 Å². The molecule has 0 aliphatic heterocycles. The quantitative estimate of drug-likeness (QED) is 0.906. The van der Waals surface area contributed by atoms with Gasteiger partial charge in [-0.15, -0.1) is 5.10 Å². The summed E-state index contributed by atoms with van der Waals surface area (Å²) in [6, 6.07) is 7.62. The molecule has 7 heteroatoms. The number of hydrogen-bond donors (Lipinski definition) is 1. The van der Waals surface area contributed by atoms with Crippen molar-refractivity contribution < 1.29 is 4.79 Å². The third kappa shape index (κ3) is 3.52. The van der Waals surface area contributed by atoms with E-state index in [4.69, 9.17) is 0 Å². The highest BCUT2D eigenvalue weighted by Crippen LogP contribution is 2.27. The number of nitrogens with one attached hydrogen (secondary N) is 1. The van der Waals surface area contributed by atoms with Crippen LogP contribution in [0.3, 0.4) is 0 Å². The van der Waals surface area contributed by atoms with Gasteiger partial charge in [-0.05, 0) is 47.5 Å². The lowest BCUT2D eigenvalue weighted by Gasteiger charge is -2.22. The monoisotopic (exact) mass is 363 g/mol. The minimum Gasteiger partial charge on any atom is -0.345 e. The van der Waals surface area contributed by atoms with Crippen molar-refractivity contribution in [1.82, 2.24) is 25.5 Å². The van der Waals surface area contributed by atoms with Gasteiger partial charge in [0.25, 0.3) is 5.91 Å². The van der Waals surface area contributed by atoms with E-state index in [1.807, 2.05) is 16.8 Å². The third-order valence-electron chi connectivity index (χ3n) is 4.00. The summed E-state index contributed by atoms with van der Waals surface area (Å²) in [5.74, 6) is 0.600. The van der Waals surface area contributed by atoms with Crippen molar-refractivity contribution in [3.8, 4) is 0 Å². The summed E-state index contributed by atoms with van der Waals surface area (Å²) in [4.78, 5) is 12.1. The smallest absolute Gasteiger partial charge is 0.251 e. The molecule has 1 aromatic carbocycles. The topological polar surface area (TPSA) is 72.7 Å². The molecular formula is C15H18BrN5O. The van der Waals surface area contributed by atoms with Crippen LogP contribution in [0.4, 0.5) is 0 Å². The number of benzene rings is 1. The minimum absolute atomic E-state index is 0.120. The first-order valence-corrected chi connectivity index (χ1v) is 8.34.